The first-order chi connectivity index (χ1) is 12.6. The Bertz CT molecular complexity index is 926. The minimum atomic E-state index is -0.0376. The zero-order valence-electron chi connectivity index (χ0n) is 14.1. The Morgan fingerprint density at radius 2 is 1.81 bits per heavy atom. The second-order valence-electron chi connectivity index (χ2n) is 6.56. The van der Waals surface area contributed by atoms with Crippen molar-refractivity contribution in [1.29, 1.82) is 0 Å². The quantitative estimate of drug-likeness (QED) is 0.697. The molecule has 3 aromatic rings. The molecule has 1 aliphatic rings. The van der Waals surface area contributed by atoms with E-state index in [1.165, 1.54) is 0 Å². The zero-order valence-corrected chi connectivity index (χ0v) is 14.9. The SMILES string of the molecule is O=C(CCC(=O)N1CC(c2nc3ccccc3[nH]2)C1)c1ccc(Cl)cc1. The number of aromatic amines is 1. The maximum Gasteiger partial charge on any atom is 0.223 e. The maximum absolute atomic E-state index is 12.3. The highest BCUT2D eigenvalue weighted by Gasteiger charge is 2.33. The number of benzene rings is 2. The molecule has 1 amide bonds. The largest absolute Gasteiger partial charge is 0.342 e. The van der Waals surface area contributed by atoms with Crippen molar-refractivity contribution in [2.45, 2.75) is 18.8 Å². The zero-order chi connectivity index (χ0) is 18.1. The molecule has 0 unspecified atom stereocenters. The molecule has 1 saturated heterocycles. The number of aromatic nitrogens is 2. The number of nitrogens with one attached hydrogen (secondary N) is 1. The Kier molecular flexibility index (Phi) is 4.47. The molecule has 0 aliphatic carbocycles. The number of nitrogens with zero attached hydrogens (tertiary/aromatic N) is 2. The van der Waals surface area contributed by atoms with Crippen molar-refractivity contribution in [1.82, 2.24) is 14.9 Å². The molecule has 0 radical (unpaired) electrons. The van der Waals surface area contributed by atoms with Gasteiger partial charge < -0.3 is 9.88 Å². The van der Waals surface area contributed by atoms with Crippen LogP contribution in [0.2, 0.25) is 5.02 Å². The Labute approximate surface area is 156 Å². The average Bonchev–Trinajstić information content (AvgIpc) is 3.02. The smallest absolute Gasteiger partial charge is 0.223 e. The van der Waals surface area contributed by atoms with E-state index in [1.54, 1.807) is 29.2 Å². The van der Waals surface area contributed by atoms with Gasteiger partial charge in [-0.25, -0.2) is 4.98 Å². The van der Waals surface area contributed by atoms with Crippen LogP contribution in [0, 0.1) is 0 Å². The number of likely N-dealkylation sites (tertiary alicyclic amines) is 1. The summed E-state index contributed by atoms with van der Waals surface area (Å²) in [5.41, 5.74) is 2.55. The van der Waals surface area contributed by atoms with Crippen molar-refractivity contribution in [2.24, 2.45) is 0 Å². The Balaban J connectivity index is 1.29. The standard InChI is InChI=1S/C20H18ClN3O2/c21-15-7-5-13(6-8-15)18(25)9-10-19(26)24-11-14(12-24)20-22-16-3-1-2-4-17(16)23-20/h1-8,14H,9-12H2,(H,22,23). The number of para-hydroxylation sites is 2. The first-order valence-corrected chi connectivity index (χ1v) is 8.99. The topological polar surface area (TPSA) is 66.1 Å². The monoisotopic (exact) mass is 367 g/mol. The van der Waals surface area contributed by atoms with Crippen LogP contribution in [0.5, 0.6) is 0 Å². The predicted molar refractivity (Wildman–Crippen MR) is 100 cm³/mol. The van der Waals surface area contributed by atoms with E-state index in [-0.39, 0.29) is 30.4 Å². The fourth-order valence-electron chi connectivity index (χ4n) is 3.18. The van der Waals surface area contributed by atoms with Gasteiger partial charge in [-0.05, 0) is 36.4 Å². The summed E-state index contributed by atoms with van der Waals surface area (Å²) >= 11 is 5.82. The summed E-state index contributed by atoms with van der Waals surface area (Å²) in [5.74, 6) is 1.13. The molecule has 2 heterocycles. The molecule has 26 heavy (non-hydrogen) atoms. The lowest BCUT2D eigenvalue weighted by Crippen LogP contribution is -2.48. The highest BCUT2D eigenvalue weighted by molar-refractivity contribution is 6.30. The second-order valence-corrected chi connectivity index (χ2v) is 7.00. The molecule has 2 aromatic carbocycles. The molecule has 1 aromatic heterocycles. The lowest BCUT2D eigenvalue weighted by atomic mass is 9.98. The molecule has 0 atom stereocenters. The lowest BCUT2D eigenvalue weighted by molar-refractivity contribution is -0.135. The molecule has 1 N–H and O–H groups in total. The third-order valence-corrected chi connectivity index (χ3v) is 5.01. The molecule has 6 heteroatoms. The van der Waals surface area contributed by atoms with Gasteiger partial charge in [-0.1, -0.05) is 23.7 Å². The van der Waals surface area contributed by atoms with Crippen molar-refractivity contribution in [3.8, 4) is 0 Å². The fourth-order valence-corrected chi connectivity index (χ4v) is 3.31. The number of hydrogen-bond acceptors (Lipinski definition) is 3. The third-order valence-electron chi connectivity index (χ3n) is 4.76. The number of rotatable bonds is 5. The van der Waals surface area contributed by atoms with E-state index < -0.39 is 0 Å². The van der Waals surface area contributed by atoms with Crippen molar-refractivity contribution in [3.05, 3.63) is 64.9 Å². The number of fused-ring (bicyclic) bond motifs is 1. The number of halogens is 1. The third kappa shape index (κ3) is 3.35. The number of ketones is 1. The van der Waals surface area contributed by atoms with Gasteiger partial charge in [0.1, 0.15) is 5.82 Å². The summed E-state index contributed by atoms with van der Waals surface area (Å²) in [7, 11) is 0. The van der Waals surface area contributed by atoms with E-state index >= 15 is 0 Å². The number of Topliss-reactive ketones (excluding diaryl/α,β-unsaturated/α-hetero) is 1. The van der Waals surface area contributed by atoms with E-state index in [0.29, 0.717) is 23.7 Å². The summed E-state index contributed by atoms with van der Waals surface area (Å²) in [5, 5.41) is 0.592. The molecule has 5 nitrogen and oxygen atoms in total. The summed E-state index contributed by atoms with van der Waals surface area (Å²) in [4.78, 5) is 34.1. The molecule has 4 rings (SSSR count). The second kappa shape index (κ2) is 6.92. The van der Waals surface area contributed by atoms with Gasteiger partial charge in [0.05, 0.1) is 17.0 Å². The molecule has 0 bridgehead atoms. The first kappa shape index (κ1) is 16.8. The van der Waals surface area contributed by atoms with Crippen LogP contribution in [0.1, 0.15) is 34.9 Å². The van der Waals surface area contributed by atoms with Gasteiger partial charge >= 0.3 is 0 Å². The summed E-state index contributed by atoms with van der Waals surface area (Å²) < 4.78 is 0. The van der Waals surface area contributed by atoms with Crippen LogP contribution in [0.4, 0.5) is 0 Å². The van der Waals surface area contributed by atoms with Gasteiger partial charge in [0.15, 0.2) is 5.78 Å². The normalized spacial score (nSPS) is 14.4. The molecule has 1 fully saturated rings. The van der Waals surface area contributed by atoms with Crippen molar-refractivity contribution >= 4 is 34.3 Å². The van der Waals surface area contributed by atoms with Crippen LogP contribution in [0.3, 0.4) is 0 Å². The summed E-state index contributed by atoms with van der Waals surface area (Å²) in [6, 6.07) is 14.6. The molecule has 0 saturated carbocycles. The van der Waals surface area contributed by atoms with Gasteiger partial charge in [-0.3, -0.25) is 9.59 Å². The molecule has 0 spiro atoms. The van der Waals surface area contributed by atoms with Gasteiger partial charge in [0.25, 0.3) is 0 Å². The highest BCUT2D eigenvalue weighted by Crippen LogP contribution is 2.27. The van der Waals surface area contributed by atoms with Crippen molar-refractivity contribution < 1.29 is 9.59 Å². The van der Waals surface area contributed by atoms with Crippen molar-refractivity contribution in [3.63, 3.8) is 0 Å². The van der Waals surface area contributed by atoms with E-state index in [9.17, 15) is 9.59 Å². The van der Waals surface area contributed by atoms with E-state index in [1.807, 2.05) is 24.3 Å². The van der Waals surface area contributed by atoms with Crippen LogP contribution < -0.4 is 0 Å². The van der Waals surface area contributed by atoms with E-state index in [4.69, 9.17) is 11.6 Å². The number of H-pyrrole nitrogens is 1. The first-order valence-electron chi connectivity index (χ1n) is 8.61. The van der Waals surface area contributed by atoms with Crippen LogP contribution in [-0.4, -0.2) is 39.6 Å². The van der Waals surface area contributed by atoms with Crippen LogP contribution in [0.15, 0.2) is 48.5 Å². The summed E-state index contributed by atoms with van der Waals surface area (Å²) in [6.45, 7) is 1.29. The number of imidazole rings is 1. The Morgan fingerprint density at radius 1 is 1.08 bits per heavy atom. The summed E-state index contributed by atoms with van der Waals surface area (Å²) in [6.07, 6.45) is 0.445. The minimum Gasteiger partial charge on any atom is -0.342 e. The molecule has 132 valence electrons. The minimum absolute atomic E-state index is 0.0136. The molecule has 1 aliphatic heterocycles. The fraction of sp³-hybridized carbons (Fsp3) is 0.250. The number of carbonyl (C=O) groups is 2. The van der Waals surface area contributed by atoms with E-state index in [2.05, 4.69) is 9.97 Å². The van der Waals surface area contributed by atoms with Crippen LogP contribution in [-0.2, 0) is 4.79 Å². The number of hydrogen-bond donors (Lipinski definition) is 1. The Morgan fingerprint density at radius 3 is 2.54 bits per heavy atom. The Hall–Kier alpha value is -2.66. The molecular formula is C20H18ClN3O2. The lowest BCUT2D eigenvalue weighted by Gasteiger charge is -2.38. The van der Waals surface area contributed by atoms with Gasteiger partial charge in [0, 0.05) is 36.5 Å². The van der Waals surface area contributed by atoms with E-state index in [0.717, 1.165) is 16.9 Å². The molecular weight excluding hydrogens is 350 g/mol. The van der Waals surface area contributed by atoms with Crippen LogP contribution in [0.25, 0.3) is 11.0 Å². The predicted octanol–water partition coefficient (Wildman–Crippen LogP) is 3.81. The maximum atomic E-state index is 12.3. The van der Waals surface area contributed by atoms with Gasteiger partial charge in [-0.15, -0.1) is 0 Å². The van der Waals surface area contributed by atoms with Crippen LogP contribution >= 0.6 is 11.6 Å². The van der Waals surface area contributed by atoms with Gasteiger partial charge in [0.2, 0.25) is 5.91 Å². The number of amides is 1. The van der Waals surface area contributed by atoms with Crippen molar-refractivity contribution in [2.75, 3.05) is 13.1 Å². The average molecular weight is 368 g/mol. The highest BCUT2D eigenvalue weighted by atomic mass is 35.5. The number of carbonyl (C=O) groups excluding carboxylic acids is 2. The van der Waals surface area contributed by atoms with Gasteiger partial charge in [-0.2, -0.15) is 0 Å².